The Morgan fingerprint density at radius 3 is 2.64 bits per heavy atom. The second-order valence-corrected chi connectivity index (χ2v) is 6.54. The molecule has 0 radical (unpaired) electrons. The zero-order valence-corrected chi connectivity index (χ0v) is 13.4. The molecule has 0 aromatic heterocycles. The smallest absolute Gasteiger partial charge is 0.317 e. The molecule has 1 unspecified atom stereocenters. The van der Waals surface area contributed by atoms with Crippen LogP contribution in [0.25, 0.3) is 0 Å². The predicted octanol–water partition coefficient (Wildman–Crippen LogP) is 2.76. The molecule has 5 nitrogen and oxygen atoms in total. The van der Waals surface area contributed by atoms with Crippen molar-refractivity contribution in [2.24, 2.45) is 5.16 Å². The average Bonchev–Trinajstić information content (AvgIpc) is 2.86. The van der Waals surface area contributed by atoms with Crippen LogP contribution in [0.3, 0.4) is 0 Å². The number of rotatable bonds is 3. The number of hydrogen-bond donors (Lipinski definition) is 1. The number of likely N-dealkylation sites (N-methyl/N-ethyl adjacent to an activating group) is 1. The van der Waals surface area contributed by atoms with Gasteiger partial charge in [0.05, 0.1) is 12.3 Å². The van der Waals surface area contributed by atoms with E-state index in [4.69, 9.17) is 4.84 Å². The minimum absolute atomic E-state index is 0.147. The zero-order valence-electron chi connectivity index (χ0n) is 13.4. The van der Waals surface area contributed by atoms with Gasteiger partial charge in [0.25, 0.3) is 0 Å². The highest BCUT2D eigenvalue weighted by Gasteiger charge is 2.26. The summed E-state index contributed by atoms with van der Waals surface area (Å²) in [5.41, 5.74) is 1.33. The Bertz CT molecular complexity index is 564. The standard InChI is InChI=1S/C16H22FN3O2/c1-16(2,3)18-15(21)20(4)10-13-9-14(19-22-13)11-5-7-12(17)8-6-11/h5-8,13H,9-10H2,1-4H3,(H,18,21). The highest BCUT2D eigenvalue weighted by atomic mass is 19.1. The molecule has 0 aliphatic carbocycles. The Morgan fingerprint density at radius 1 is 1.41 bits per heavy atom. The fourth-order valence-electron chi connectivity index (χ4n) is 2.14. The Labute approximate surface area is 130 Å². The van der Waals surface area contributed by atoms with Crippen LogP contribution in [0.5, 0.6) is 0 Å². The molecule has 0 saturated carbocycles. The number of carbonyl (C=O) groups excluding carboxylic acids is 1. The van der Waals surface area contributed by atoms with Crippen molar-refractivity contribution in [3.8, 4) is 0 Å². The summed E-state index contributed by atoms with van der Waals surface area (Å²) in [4.78, 5) is 19.0. The lowest BCUT2D eigenvalue weighted by Gasteiger charge is -2.26. The van der Waals surface area contributed by atoms with Crippen LogP contribution in [0.4, 0.5) is 9.18 Å². The fraction of sp³-hybridized carbons (Fsp3) is 0.500. The van der Waals surface area contributed by atoms with E-state index in [1.807, 2.05) is 20.8 Å². The Kier molecular flexibility index (Phi) is 4.68. The van der Waals surface area contributed by atoms with E-state index in [1.165, 1.54) is 12.1 Å². The van der Waals surface area contributed by atoms with Gasteiger partial charge in [-0.25, -0.2) is 9.18 Å². The lowest BCUT2D eigenvalue weighted by molar-refractivity contribution is 0.0649. The van der Waals surface area contributed by atoms with Crippen LogP contribution >= 0.6 is 0 Å². The van der Waals surface area contributed by atoms with E-state index in [9.17, 15) is 9.18 Å². The van der Waals surface area contributed by atoms with Crippen molar-refractivity contribution in [2.45, 2.75) is 38.8 Å². The van der Waals surface area contributed by atoms with Crippen LogP contribution in [0, 0.1) is 5.82 Å². The number of benzene rings is 1. The van der Waals surface area contributed by atoms with Crippen molar-refractivity contribution in [3.05, 3.63) is 35.6 Å². The highest BCUT2D eigenvalue weighted by molar-refractivity contribution is 6.01. The Hall–Kier alpha value is -2.11. The molecule has 1 aliphatic rings. The molecule has 1 aromatic rings. The summed E-state index contributed by atoms with van der Waals surface area (Å²) >= 11 is 0. The Morgan fingerprint density at radius 2 is 2.05 bits per heavy atom. The van der Waals surface area contributed by atoms with E-state index >= 15 is 0 Å². The van der Waals surface area contributed by atoms with E-state index in [2.05, 4.69) is 10.5 Å². The van der Waals surface area contributed by atoms with E-state index in [1.54, 1.807) is 24.1 Å². The van der Waals surface area contributed by atoms with E-state index < -0.39 is 0 Å². The second kappa shape index (κ2) is 6.34. The van der Waals surface area contributed by atoms with Crippen molar-refractivity contribution < 1.29 is 14.0 Å². The van der Waals surface area contributed by atoms with Crippen molar-refractivity contribution >= 4 is 11.7 Å². The third kappa shape index (κ3) is 4.44. The van der Waals surface area contributed by atoms with Gasteiger partial charge in [0, 0.05) is 19.0 Å². The molecular weight excluding hydrogens is 285 g/mol. The maximum atomic E-state index is 12.9. The molecular formula is C16H22FN3O2. The number of oxime groups is 1. The second-order valence-electron chi connectivity index (χ2n) is 6.54. The number of amides is 2. The van der Waals surface area contributed by atoms with Crippen LogP contribution in [0.1, 0.15) is 32.8 Å². The molecule has 6 heteroatoms. The van der Waals surface area contributed by atoms with Gasteiger partial charge in [0.2, 0.25) is 0 Å². The molecule has 120 valence electrons. The third-order valence-corrected chi connectivity index (χ3v) is 3.22. The lowest BCUT2D eigenvalue weighted by atomic mass is 10.0. The summed E-state index contributed by atoms with van der Waals surface area (Å²) in [5, 5.41) is 6.93. The van der Waals surface area contributed by atoms with Gasteiger partial charge >= 0.3 is 6.03 Å². The first-order valence-corrected chi connectivity index (χ1v) is 7.26. The average molecular weight is 307 g/mol. The van der Waals surface area contributed by atoms with E-state index in [0.29, 0.717) is 13.0 Å². The molecule has 1 atom stereocenters. The number of halogens is 1. The molecule has 0 fully saturated rings. The number of nitrogens with one attached hydrogen (secondary N) is 1. The van der Waals surface area contributed by atoms with Crippen molar-refractivity contribution in [1.82, 2.24) is 10.2 Å². The van der Waals surface area contributed by atoms with Gasteiger partial charge in [-0.1, -0.05) is 17.3 Å². The monoisotopic (exact) mass is 307 g/mol. The van der Waals surface area contributed by atoms with Gasteiger partial charge in [0.15, 0.2) is 6.10 Å². The predicted molar refractivity (Wildman–Crippen MR) is 83.3 cm³/mol. The normalized spacial score (nSPS) is 17.7. The van der Waals surface area contributed by atoms with Crippen molar-refractivity contribution in [3.63, 3.8) is 0 Å². The van der Waals surface area contributed by atoms with Gasteiger partial charge in [-0.3, -0.25) is 0 Å². The van der Waals surface area contributed by atoms with Crippen LogP contribution < -0.4 is 5.32 Å². The van der Waals surface area contributed by atoms with Crippen molar-refractivity contribution in [2.75, 3.05) is 13.6 Å². The molecule has 1 N–H and O–H groups in total. The summed E-state index contributed by atoms with van der Waals surface area (Å²) < 4.78 is 12.9. The maximum Gasteiger partial charge on any atom is 0.317 e. The maximum absolute atomic E-state index is 12.9. The third-order valence-electron chi connectivity index (χ3n) is 3.22. The molecule has 0 bridgehead atoms. The summed E-state index contributed by atoms with van der Waals surface area (Å²) in [6.07, 6.45) is 0.412. The molecule has 2 rings (SSSR count). The van der Waals surface area contributed by atoms with E-state index in [0.717, 1.165) is 11.3 Å². The molecule has 1 aromatic carbocycles. The first-order chi connectivity index (χ1) is 10.2. The van der Waals surface area contributed by atoms with E-state index in [-0.39, 0.29) is 23.5 Å². The summed E-state index contributed by atoms with van der Waals surface area (Å²) in [7, 11) is 1.72. The van der Waals surface area contributed by atoms with Gasteiger partial charge in [-0.05, 0) is 38.5 Å². The Balaban J connectivity index is 1.87. The molecule has 2 amide bonds. The summed E-state index contributed by atoms with van der Waals surface area (Å²) in [5.74, 6) is -0.279. The van der Waals surface area contributed by atoms with Gasteiger partial charge in [0.1, 0.15) is 5.82 Å². The molecule has 1 aliphatic heterocycles. The van der Waals surface area contributed by atoms with Crippen LogP contribution in [-0.2, 0) is 4.84 Å². The fourth-order valence-corrected chi connectivity index (χ4v) is 2.14. The lowest BCUT2D eigenvalue weighted by Crippen LogP contribution is -2.48. The van der Waals surface area contributed by atoms with Gasteiger partial charge in [-0.2, -0.15) is 0 Å². The van der Waals surface area contributed by atoms with Gasteiger partial charge in [-0.15, -0.1) is 0 Å². The quantitative estimate of drug-likeness (QED) is 0.933. The number of nitrogens with zero attached hydrogens (tertiary/aromatic N) is 2. The molecule has 0 saturated heterocycles. The first-order valence-electron chi connectivity index (χ1n) is 7.26. The summed E-state index contributed by atoms with van der Waals surface area (Å²) in [6.45, 7) is 6.23. The van der Waals surface area contributed by atoms with Crippen LogP contribution in [0.15, 0.2) is 29.4 Å². The molecule has 1 heterocycles. The molecule has 0 spiro atoms. The highest BCUT2D eigenvalue weighted by Crippen LogP contribution is 2.18. The van der Waals surface area contributed by atoms with Crippen molar-refractivity contribution in [1.29, 1.82) is 0 Å². The zero-order chi connectivity index (χ0) is 16.3. The minimum atomic E-state index is -0.280. The summed E-state index contributed by atoms with van der Waals surface area (Å²) in [6, 6.07) is 6.00. The topological polar surface area (TPSA) is 53.9 Å². The van der Waals surface area contributed by atoms with Crippen LogP contribution in [0.2, 0.25) is 0 Å². The largest absolute Gasteiger partial charge is 0.390 e. The molecule has 22 heavy (non-hydrogen) atoms. The van der Waals surface area contributed by atoms with Gasteiger partial charge < -0.3 is 15.1 Å². The number of urea groups is 1. The SMILES string of the molecule is CN(CC1CC(c2ccc(F)cc2)=NO1)C(=O)NC(C)(C)C. The van der Waals surface area contributed by atoms with Crippen LogP contribution in [-0.4, -0.2) is 41.9 Å². The first kappa shape index (κ1) is 16.3. The number of carbonyl (C=O) groups is 1. The minimum Gasteiger partial charge on any atom is -0.390 e. The number of hydrogen-bond acceptors (Lipinski definition) is 3.